The van der Waals surface area contributed by atoms with Crippen LogP contribution in [0.2, 0.25) is 18.1 Å². The fourth-order valence-electron chi connectivity index (χ4n) is 9.08. The van der Waals surface area contributed by atoms with Crippen LogP contribution < -0.4 is 0 Å². The van der Waals surface area contributed by atoms with Crippen molar-refractivity contribution in [3.05, 3.63) is 11.6 Å². The van der Waals surface area contributed by atoms with E-state index < -0.39 is 8.32 Å². The Kier molecular flexibility index (Phi) is 8.45. The third-order valence-electron chi connectivity index (χ3n) is 12.4. The number of hydrogen-bond acceptors (Lipinski definition) is 1. The van der Waals surface area contributed by atoms with Crippen LogP contribution in [0.4, 0.5) is 0 Å². The van der Waals surface area contributed by atoms with E-state index >= 15 is 0 Å². The highest BCUT2D eigenvalue weighted by Gasteiger charge is 2.58. The molecule has 0 radical (unpaired) electrons. The van der Waals surface area contributed by atoms with Gasteiger partial charge >= 0.3 is 0 Å². The van der Waals surface area contributed by atoms with E-state index in [9.17, 15) is 0 Å². The highest BCUT2D eigenvalue weighted by Crippen LogP contribution is 2.67. The molecule has 202 valence electrons. The summed E-state index contributed by atoms with van der Waals surface area (Å²) in [5.74, 6) is 3.88. The van der Waals surface area contributed by atoms with E-state index in [1.807, 2.05) is 0 Å². The summed E-state index contributed by atoms with van der Waals surface area (Å²) in [6, 6.07) is 0. The third kappa shape index (κ3) is 5.41. The molecule has 0 unspecified atom stereocenters. The van der Waals surface area contributed by atoms with Crippen molar-refractivity contribution >= 4 is 8.32 Å². The van der Waals surface area contributed by atoms with Crippen LogP contribution in [0, 0.1) is 34.5 Å². The fourth-order valence-corrected chi connectivity index (χ4v) is 10.5. The summed E-state index contributed by atoms with van der Waals surface area (Å²) in [5, 5.41) is 0.308. The number of unbranched alkanes of at least 4 members (excludes halogenated alkanes) is 5. The monoisotopic (exact) mass is 500 g/mol. The first-order valence-corrected chi connectivity index (χ1v) is 18.7. The van der Waals surface area contributed by atoms with Gasteiger partial charge in [0.1, 0.15) is 0 Å². The number of allylic oxidation sites excluding steroid dienone is 1. The van der Waals surface area contributed by atoms with Crippen LogP contribution in [-0.4, -0.2) is 14.4 Å². The summed E-state index contributed by atoms with van der Waals surface area (Å²) in [6.45, 7) is 19.8. The molecule has 7 atom stereocenters. The molecule has 4 aliphatic carbocycles. The van der Waals surface area contributed by atoms with Gasteiger partial charge in [0.05, 0.1) is 0 Å². The van der Waals surface area contributed by atoms with E-state index in [-0.39, 0.29) is 0 Å². The van der Waals surface area contributed by atoms with E-state index in [2.05, 4.69) is 60.7 Å². The second-order valence-corrected chi connectivity index (χ2v) is 20.1. The first-order valence-electron chi connectivity index (χ1n) is 15.8. The summed E-state index contributed by atoms with van der Waals surface area (Å²) < 4.78 is 6.94. The average molecular weight is 501 g/mol. The first kappa shape index (κ1) is 27.9. The maximum Gasteiger partial charge on any atom is 0.192 e. The molecule has 1 nitrogen and oxygen atoms in total. The van der Waals surface area contributed by atoms with Crippen molar-refractivity contribution in [1.82, 2.24) is 0 Å². The summed E-state index contributed by atoms with van der Waals surface area (Å²) in [4.78, 5) is 0. The van der Waals surface area contributed by atoms with Crippen molar-refractivity contribution in [2.75, 3.05) is 0 Å². The minimum Gasteiger partial charge on any atom is -0.414 e. The van der Waals surface area contributed by atoms with Gasteiger partial charge in [0.25, 0.3) is 0 Å². The van der Waals surface area contributed by atoms with E-state index in [0.29, 0.717) is 22.0 Å². The zero-order valence-corrected chi connectivity index (χ0v) is 26.0. The van der Waals surface area contributed by atoms with E-state index in [0.717, 1.165) is 23.7 Å². The van der Waals surface area contributed by atoms with Crippen LogP contribution in [0.15, 0.2) is 11.6 Å². The van der Waals surface area contributed by atoms with Crippen LogP contribution in [0.1, 0.15) is 138 Å². The predicted molar refractivity (Wildman–Crippen MR) is 155 cm³/mol. The lowest BCUT2D eigenvalue weighted by molar-refractivity contribution is -0.0499. The van der Waals surface area contributed by atoms with Crippen LogP contribution in [0.5, 0.6) is 0 Å². The second-order valence-electron chi connectivity index (χ2n) is 15.4. The Balaban J connectivity index is 1.39. The molecule has 0 bridgehead atoms. The molecule has 0 heterocycles. The zero-order chi connectivity index (χ0) is 25.5. The van der Waals surface area contributed by atoms with Gasteiger partial charge in [0.15, 0.2) is 8.32 Å². The molecule has 3 fully saturated rings. The molecule has 0 amide bonds. The van der Waals surface area contributed by atoms with Crippen molar-refractivity contribution in [2.24, 2.45) is 34.5 Å². The SMILES string of the molecule is CCCCCCCC[C@H]1CC[C@H]2[C@@H]3CC=C4C[C@@H](O[Si](C)(C)C(C)(C)C)CC[C@]4(C)[C@H]3CC[C@]12C. The molecular formula is C33H60OSi. The van der Waals surface area contributed by atoms with Crippen LogP contribution in [-0.2, 0) is 4.43 Å². The molecule has 0 spiro atoms. The maximum atomic E-state index is 6.94. The molecule has 0 N–H and O–H groups in total. The molecule has 0 aromatic rings. The molecule has 0 aromatic heterocycles. The third-order valence-corrected chi connectivity index (χ3v) is 17.0. The summed E-state index contributed by atoms with van der Waals surface area (Å²) in [6.07, 6.45) is 24.7. The normalized spacial score (nSPS) is 39.5. The van der Waals surface area contributed by atoms with Gasteiger partial charge in [-0.15, -0.1) is 0 Å². The largest absolute Gasteiger partial charge is 0.414 e. The number of hydrogen-bond donors (Lipinski definition) is 0. The smallest absolute Gasteiger partial charge is 0.192 e. The van der Waals surface area contributed by atoms with Gasteiger partial charge in [0, 0.05) is 6.10 Å². The number of fused-ring (bicyclic) bond motifs is 5. The van der Waals surface area contributed by atoms with Crippen molar-refractivity contribution in [1.29, 1.82) is 0 Å². The average Bonchev–Trinajstić information content (AvgIpc) is 3.12. The minimum absolute atomic E-state index is 0.308. The van der Waals surface area contributed by atoms with E-state index in [1.165, 1.54) is 96.3 Å². The standard InChI is InChI=1S/C33H60OSi/c1-9-10-11-12-13-14-15-25-17-19-29-28-18-16-26-24-27(34-35(7,8)31(2,3)4)20-22-33(26,6)30(28)21-23-32(25,29)5/h16,25,27-30H,9-15,17-24H2,1-8H3/t25-,27-,28-,29-,30-,32+,33-/m0/s1. The Morgan fingerprint density at radius 3 is 2.34 bits per heavy atom. The minimum atomic E-state index is -1.69. The van der Waals surface area contributed by atoms with Gasteiger partial charge in [-0.25, -0.2) is 0 Å². The molecule has 35 heavy (non-hydrogen) atoms. The molecular weight excluding hydrogens is 440 g/mol. The summed E-state index contributed by atoms with van der Waals surface area (Å²) in [7, 11) is -1.69. The molecule has 4 rings (SSSR count). The van der Waals surface area contributed by atoms with Crippen molar-refractivity contribution in [3.8, 4) is 0 Å². The Labute approximate surface area is 220 Å². The lowest BCUT2D eigenvalue weighted by Crippen LogP contribution is -2.51. The highest BCUT2D eigenvalue weighted by molar-refractivity contribution is 6.74. The van der Waals surface area contributed by atoms with Crippen molar-refractivity contribution in [2.45, 2.75) is 162 Å². The molecule has 4 aliphatic rings. The Hall–Kier alpha value is -0.0831. The van der Waals surface area contributed by atoms with Gasteiger partial charge in [-0.05, 0) is 110 Å². The zero-order valence-electron chi connectivity index (χ0n) is 25.0. The molecule has 0 aromatic carbocycles. The quantitative estimate of drug-likeness (QED) is 0.174. The first-order chi connectivity index (χ1) is 16.4. The highest BCUT2D eigenvalue weighted by atomic mass is 28.4. The van der Waals surface area contributed by atoms with Crippen molar-refractivity contribution < 1.29 is 4.43 Å². The lowest BCUT2D eigenvalue weighted by Gasteiger charge is -2.58. The van der Waals surface area contributed by atoms with Gasteiger partial charge in [0.2, 0.25) is 0 Å². The number of rotatable bonds is 9. The maximum absolute atomic E-state index is 6.94. The van der Waals surface area contributed by atoms with E-state index in [4.69, 9.17) is 4.43 Å². The second kappa shape index (κ2) is 10.6. The van der Waals surface area contributed by atoms with Crippen molar-refractivity contribution in [3.63, 3.8) is 0 Å². The van der Waals surface area contributed by atoms with Crippen LogP contribution in [0.3, 0.4) is 0 Å². The fraction of sp³-hybridized carbons (Fsp3) is 0.939. The Bertz CT molecular complexity index is 747. The van der Waals surface area contributed by atoms with Gasteiger partial charge in [-0.2, -0.15) is 0 Å². The van der Waals surface area contributed by atoms with Gasteiger partial charge in [-0.3, -0.25) is 0 Å². The molecule has 0 aliphatic heterocycles. The molecule has 0 saturated heterocycles. The Morgan fingerprint density at radius 1 is 0.914 bits per heavy atom. The van der Waals surface area contributed by atoms with Crippen LogP contribution in [0.25, 0.3) is 0 Å². The predicted octanol–water partition coefficient (Wildman–Crippen LogP) is 10.7. The summed E-state index contributed by atoms with van der Waals surface area (Å²) >= 11 is 0. The molecule has 3 saturated carbocycles. The van der Waals surface area contributed by atoms with Gasteiger partial charge < -0.3 is 4.43 Å². The Morgan fingerprint density at radius 2 is 1.63 bits per heavy atom. The van der Waals surface area contributed by atoms with E-state index in [1.54, 1.807) is 5.57 Å². The van der Waals surface area contributed by atoms with Gasteiger partial charge in [-0.1, -0.05) is 91.7 Å². The summed E-state index contributed by atoms with van der Waals surface area (Å²) in [5.41, 5.74) is 2.88. The van der Waals surface area contributed by atoms with Crippen LogP contribution >= 0.6 is 0 Å². The molecule has 2 heteroatoms. The lowest BCUT2D eigenvalue weighted by atomic mass is 9.47. The topological polar surface area (TPSA) is 9.23 Å².